The van der Waals surface area contributed by atoms with Gasteiger partial charge in [0.2, 0.25) is 0 Å². The van der Waals surface area contributed by atoms with E-state index < -0.39 is 0 Å². The van der Waals surface area contributed by atoms with Crippen LogP contribution in [0.3, 0.4) is 0 Å². The molecule has 1 heterocycles. The number of hydrogen-bond acceptors (Lipinski definition) is 5. The van der Waals surface area contributed by atoms with Crippen LogP contribution in [0.1, 0.15) is 59.3 Å². The first kappa shape index (κ1) is 21.1. The minimum absolute atomic E-state index is 0.0554. The fraction of sp³-hybridized carbons (Fsp3) is 1.00. The topological polar surface area (TPSA) is 71.5 Å². The van der Waals surface area contributed by atoms with Crippen molar-refractivity contribution in [3.8, 4) is 0 Å². The van der Waals surface area contributed by atoms with Gasteiger partial charge in [-0.15, -0.1) is 0 Å². The van der Waals surface area contributed by atoms with E-state index in [1.54, 1.807) is 0 Å². The van der Waals surface area contributed by atoms with Crippen LogP contribution in [0.4, 0.5) is 0 Å². The summed E-state index contributed by atoms with van der Waals surface area (Å²) < 4.78 is 17.3. The zero-order valence-corrected chi connectivity index (χ0v) is 16.3. The first-order chi connectivity index (χ1) is 12.0. The molecule has 2 fully saturated rings. The van der Waals surface area contributed by atoms with Crippen molar-refractivity contribution in [2.45, 2.75) is 77.6 Å². The summed E-state index contributed by atoms with van der Waals surface area (Å²) in [5.74, 6) is 0.958. The summed E-state index contributed by atoms with van der Waals surface area (Å²) in [6.45, 7) is 8.76. The number of hydrogen-bond donors (Lipinski definition) is 2. The van der Waals surface area contributed by atoms with Gasteiger partial charge in [0.05, 0.1) is 38.1 Å². The summed E-state index contributed by atoms with van der Waals surface area (Å²) in [6, 6.07) is 0. The lowest BCUT2D eigenvalue weighted by Crippen LogP contribution is -2.35. The van der Waals surface area contributed by atoms with Crippen LogP contribution >= 0.6 is 0 Å². The zero-order chi connectivity index (χ0) is 18.3. The van der Waals surface area contributed by atoms with Gasteiger partial charge in [-0.25, -0.2) is 0 Å². The molecule has 1 aliphatic heterocycles. The van der Waals surface area contributed by atoms with Crippen LogP contribution < -0.4 is 0 Å². The molecule has 1 saturated carbocycles. The van der Waals surface area contributed by atoms with Gasteiger partial charge in [-0.05, 0) is 44.4 Å². The minimum Gasteiger partial charge on any atom is -0.396 e. The molecule has 25 heavy (non-hydrogen) atoms. The van der Waals surface area contributed by atoms with E-state index in [0.717, 1.165) is 38.5 Å². The van der Waals surface area contributed by atoms with E-state index >= 15 is 0 Å². The van der Waals surface area contributed by atoms with Crippen molar-refractivity contribution < 1.29 is 24.4 Å². The third-order valence-corrected chi connectivity index (χ3v) is 5.72. The highest BCUT2D eigenvalue weighted by atomic mass is 16.6. The van der Waals surface area contributed by atoms with Gasteiger partial charge in [-0.2, -0.15) is 0 Å². The van der Waals surface area contributed by atoms with Gasteiger partial charge in [0.25, 0.3) is 0 Å². The molecule has 0 radical (unpaired) electrons. The molecule has 6 atom stereocenters. The van der Waals surface area contributed by atoms with Crippen LogP contribution in [-0.2, 0) is 14.2 Å². The fourth-order valence-electron chi connectivity index (χ4n) is 3.65. The molecule has 1 aliphatic carbocycles. The summed E-state index contributed by atoms with van der Waals surface area (Å²) in [5.41, 5.74) is -0.366. The molecule has 2 N–H and O–H groups in total. The summed E-state index contributed by atoms with van der Waals surface area (Å²) in [5, 5.41) is 19.5. The predicted octanol–water partition coefficient (Wildman–Crippen LogP) is 2.77. The van der Waals surface area contributed by atoms with Crippen LogP contribution in [0, 0.1) is 17.3 Å². The van der Waals surface area contributed by atoms with E-state index in [9.17, 15) is 10.2 Å². The molecule has 5 heteroatoms. The lowest BCUT2D eigenvalue weighted by atomic mass is 9.88. The zero-order valence-electron chi connectivity index (χ0n) is 16.3. The highest BCUT2D eigenvalue weighted by Gasteiger charge is 2.36. The predicted molar refractivity (Wildman–Crippen MR) is 97.5 cm³/mol. The number of epoxide rings is 1. The van der Waals surface area contributed by atoms with Gasteiger partial charge in [0.1, 0.15) is 0 Å². The van der Waals surface area contributed by atoms with Crippen LogP contribution in [0.2, 0.25) is 0 Å². The lowest BCUT2D eigenvalue weighted by Gasteiger charge is -2.30. The van der Waals surface area contributed by atoms with Crippen LogP contribution in [0.15, 0.2) is 0 Å². The SMILES string of the molecule is CCC(COCC(C)(CO)COCC1CCCC(O)C1)CC1OC1C. The average molecular weight is 359 g/mol. The van der Waals surface area contributed by atoms with Crippen LogP contribution in [0.5, 0.6) is 0 Å². The molecule has 2 rings (SSSR count). The van der Waals surface area contributed by atoms with Crippen molar-refractivity contribution in [1.82, 2.24) is 0 Å². The Kier molecular flexibility index (Phi) is 8.62. The van der Waals surface area contributed by atoms with E-state index in [0.29, 0.717) is 50.5 Å². The maximum absolute atomic E-state index is 9.76. The molecule has 148 valence electrons. The van der Waals surface area contributed by atoms with Gasteiger partial charge in [-0.3, -0.25) is 0 Å². The van der Waals surface area contributed by atoms with Crippen molar-refractivity contribution in [1.29, 1.82) is 0 Å². The van der Waals surface area contributed by atoms with Crippen molar-refractivity contribution in [2.24, 2.45) is 17.3 Å². The second kappa shape index (κ2) is 10.2. The quantitative estimate of drug-likeness (QED) is 0.525. The smallest absolute Gasteiger partial charge is 0.0842 e. The third kappa shape index (κ3) is 7.51. The van der Waals surface area contributed by atoms with Crippen LogP contribution in [0.25, 0.3) is 0 Å². The Hall–Kier alpha value is -0.200. The minimum atomic E-state index is -0.366. The van der Waals surface area contributed by atoms with Crippen molar-refractivity contribution >= 4 is 0 Å². The third-order valence-electron chi connectivity index (χ3n) is 5.72. The van der Waals surface area contributed by atoms with Crippen molar-refractivity contribution in [2.75, 3.05) is 33.0 Å². The molecule has 5 nitrogen and oxygen atoms in total. The average Bonchev–Trinajstić information content (AvgIpc) is 3.29. The van der Waals surface area contributed by atoms with Crippen molar-refractivity contribution in [3.63, 3.8) is 0 Å². The van der Waals surface area contributed by atoms with Gasteiger partial charge < -0.3 is 24.4 Å². The Morgan fingerprint density at radius 2 is 1.96 bits per heavy atom. The summed E-state index contributed by atoms with van der Waals surface area (Å²) in [4.78, 5) is 0. The van der Waals surface area contributed by atoms with Gasteiger partial charge >= 0.3 is 0 Å². The molecule has 0 bridgehead atoms. The Labute approximate surface area is 153 Å². The Bertz CT molecular complexity index is 377. The lowest BCUT2D eigenvalue weighted by molar-refractivity contribution is -0.0593. The largest absolute Gasteiger partial charge is 0.396 e. The molecule has 0 amide bonds. The summed E-state index contributed by atoms with van der Waals surface area (Å²) in [6.07, 6.45) is 6.76. The molecule has 0 aromatic rings. The summed E-state index contributed by atoms with van der Waals surface area (Å²) in [7, 11) is 0. The maximum atomic E-state index is 9.76. The van der Waals surface area contributed by atoms with E-state index in [-0.39, 0.29) is 18.1 Å². The summed E-state index contributed by atoms with van der Waals surface area (Å²) >= 11 is 0. The van der Waals surface area contributed by atoms with Gasteiger partial charge in [-0.1, -0.05) is 26.7 Å². The number of aliphatic hydroxyl groups excluding tert-OH is 2. The van der Waals surface area contributed by atoms with Crippen molar-refractivity contribution in [3.05, 3.63) is 0 Å². The Balaban J connectivity index is 1.62. The fourth-order valence-corrected chi connectivity index (χ4v) is 3.65. The molecule has 1 saturated heterocycles. The molecule has 0 spiro atoms. The first-order valence-corrected chi connectivity index (χ1v) is 10.1. The number of aliphatic hydroxyl groups is 2. The second-order valence-electron chi connectivity index (χ2n) is 8.58. The standard InChI is InChI=1S/C20H38O5/c1-4-16(9-19-15(2)25-19)10-23-13-20(3,12-21)14-24-11-17-6-5-7-18(22)8-17/h15-19,21-22H,4-14H2,1-3H3. The Morgan fingerprint density at radius 1 is 1.24 bits per heavy atom. The van der Waals surface area contributed by atoms with Gasteiger partial charge in [0.15, 0.2) is 0 Å². The highest BCUT2D eigenvalue weighted by molar-refractivity contribution is 4.83. The number of ether oxygens (including phenoxy) is 3. The molecule has 0 aromatic heterocycles. The normalized spacial score (nSPS) is 33.0. The van der Waals surface area contributed by atoms with Crippen LogP contribution in [-0.4, -0.2) is 61.6 Å². The molecular weight excluding hydrogens is 320 g/mol. The molecule has 0 aromatic carbocycles. The molecular formula is C20H38O5. The monoisotopic (exact) mass is 358 g/mol. The molecule has 2 aliphatic rings. The van der Waals surface area contributed by atoms with E-state index in [2.05, 4.69) is 13.8 Å². The van der Waals surface area contributed by atoms with E-state index in [4.69, 9.17) is 14.2 Å². The number of rotatable bonds is 12. The highest BCUT2D eigenvalue weighted by Crippen LogP contribution is 2.30. The van der Waals surface area contributed by atoms with Gasteiger partial charge in [0, 0.05) is 18.6 Å². The maximum Gasteiger partial charge on any atom is 0.0842 e. The van der Waals surface area contributed by atoms with E-state index in [1.807, 2.05) is 6.92 Å². The second-order valence-corrected chi connectivity index (χ2v) is 8.58. The first-order valence-electron chi connectivity index (χ1n) is 10.1. The molecule has 6 unspecified atom stereocenters. The Morgan fingerprint density at radius 3 is 2.56 bits per heavy atom. The van der Waals surface area contributed by atoms with E-state index in [1.165, 1.54) is 0 Å².